The summed E-state index contributed by atoms with van der Waals surface area (Å²) in [5.74, 6) is -1.48. The molecule has 1 heterocycles. The van der Waals surface area contributed by atoms with Gasteiger partial charge in [0.05, 0.1) is 0 Å². The van der Waals surface area contributed by atoms with Crippen molar-refractivity contribution in [2.45, 2.75) is 12.8 Å². The van der Waals surface area contributed by atoms with Crippen LogP contribution in [0.2, 0.25) is 0 Å². The number of nitrogens with one attached hydrogen (secondary N) is 1. The molecule has 0 fully saturated rings. The number of aliphatic carboxylic acids is 1. The topological polar surface area (TPSA) is 88.5 Å². The van der Waals surface area contributed by atoms with Gasteiger partial charge >= 0.3 is 5.97 Å². The first kappa shape index (κ1) is 12.1. The zero-order valence-electron chi connectivity index (χ0n) is 8.55. The van der Waals surface area contributed by atoms with E-state index in [0.29, 0.717) is 6.42 Å². The number of pyridine rings is 1. The van der Waals surface area contributed by atoms with Crippen molar-refractivity contribution >= 4 is 11.9 Å². The Morgan fingerprint density at radius 2 is 2.06 bits per heavy atom. The van der Waals surface area contributed by atoms with Crippen molar-refractivity contribution in [3.63, 3.8) is 0 Å². The van der Waals surface area contributed by atoms with Crippen LogP contribution in [0, 0.1) is 0 Å². The molecule has 16 heavy (non-hydrogen) atoms. The molecule has 0 atom stereocenters. The molecule has 1 amide bonds. The van der Waals surface area contributed by atoms with Gasteiger partial charge in [-0.2, -0.15) is 0 Å². The molecule has 0 radical (unpaired) electrons. The molecule has 0 aliphatic heterocycles. The number of carbonyl (C=O) groups excluding carboxylic acids is 1. The van der Waals surface area contributed by atoms with E-state index in [4.69, 9.17) is 5.11 Å². The normalized spacial score (nSPS) is 9.75. The van der Waals surface area contributed by atoms with Crippen molar-refractivity contribution in [3.8, 4) is 0 Å². The van der Waals surface area contributed by atoms with Crippen LogP contribution < -0.4 is 5.48 Å². The monoisotopic (exact) mass is 224 g/mol. The summed E-state index contributed by atoms with van der Waals surface area (Å²) >= 11 is 0. The Kier molecular flexibility index (Phi) is 4.94. The second-order valence-electron chi connectivity index (χ2n) is 3.06. The molecule has 0 bridgehead atoms. The van der Waals surface area contributed by atoms with Crippen LogP contribution in [0.3, 0.4) is 0 Å². The predicted molar refractivity (Wildman–Crippen MR) is 54.3 cm³/mol. The molecule has 0 aliphatic carbocycles. The van der Waals surface area contributed by atoms with Gasteiger partial charge in [-0.05, 0) is 24.1 Å². The highest BCUT2D eigenvalue weighted by Gasteiger charge is 2.03. The summed E-state index contributed by atoms with van der Waals surface area (Å²) in [6.07, 6.45) is 4.09. The number of hydrogen-bond donors (Lipinski definition) is 2. The average molecular weight is 224 g/mol. The van der Waals surface area contributed by atoms with E-state index in [1.807, 2.05) is 17.6 Å². The lowest BCUT2D eigenvalue weighted by molar-refractivity contribution is -0.149. The highest BCUT2D eigenvalue weighted by Crippen LogP contribution is 2.00. The van der Waals surface area contributed by atoms with Gasteiger partial charge < -0.3 is 5.11 Å². The van der Waals surface area contributed by atoms with Crippen molar-refractivity contribution in [1.29, 1.82) is 0 Å². The molecule has 6 nitrogen and oxygen atoms in total. The van der Waals surface area contributed by atoms with Gasteiger partial charge in [-0.15, -0.1) is 0 Å². The van der Waals surface area contributed by atoms with Gasteiger partial charge in [0.1, 0.15) is 0 Å². The van der Waals surface area contributed by atoms with Gasteiger partial charge in [0.2, 0.25) is 5.91 Å². The first-order valence-electron chi connectivity index (χ1n) is 4.70. The fourth-order valence-corrected chi connectivity index (χ4v) is 1.04. The zero-order chi connectivity index (χ0) is 11.8. The maximum absolute atomic E-state index is 11.2. The van der Waals surface area contributed by atoms with E-state index in [1.165, 1.54) is 0 Å². The standard InChI is InChI=1S/C10H12N2O4/c13-9(12-16-7-10(14)15)2-1-8-3-5-11-6-4-8/h3-6H,1-2,7H2,(H,12,13)(H,14,15). The lowest BCUT2D eigenvalue weighted by atomic mass is 10.1. The Bertz CT molecular complexity index is 353. The Balaban J connectivity index is 2.18. The number of hydrogen-bond acceptors (Lipinski definition) is 4. The molecule has 0 saturated carbocycles. The Morgan fingerprint density at radius 1 is 1.38 bits per heavy atom. The fourth-order valence-electron chi connectivity index (χ4n) is 1.04. The van der Waals surface area contributed by atoms with E-state index in [0.717, 1.165) is 5.56 Å². The second-order valence-corrected chi connectivity index (χ2v) is 3.06. The molecule has 86 valence electrons. The summed E-state index contributed by atoms with van der Waals surface area (Å²) in [5, 5.41) is 8.25. The second kappa shape index (κ2) is 6.52. The van der Waals surface area contributed by atoms with Crippen LogP contribution in [0.4, 0.5) is 0 Å². The highest BCUT2D eigenvalue weighted by molar-refractivity contribution is 5.75. The lowest BCUT2D eigenvalue weighted by Crippen LogP contribution is -2.26. The Labute approximate surface area is 92.2 Å². The van der Waals surface area contributed by atoms with Crippen molar-refractivity contribution in [3.05, 3.63) is 30.1 Å². The maximum Gasteiger partial charge on any atom is 0.332 e. The van der Waals surface area contributed by atoms with Crippen molar-refractivity contribution < 1.29 is 19.5 Å². The summed E-state index contributed by atoms with van der Waals surface area (Å²) in [6.45, 7) is -0.541. The van der Waals surface area contributed by atoms with E-state index in [9.17, 15) is 9.59 Å². The molecule has 0 aliphatic rings. The van der Waals surface area contributed by atoms with Crippen molar-refractivity contribution in [1.82, 2.24) is 10.5 Å². The lowest BCUT2D eigenvalue weighted by Gasteiger charge is -2.03. The SMILES string of the molecule is O=C(O)CONC(=O)CCc1ccncc1. The van der Waals surface area contributed by atoms with Gasteiger partial charge in [0.15, 0.2) is 6.61 Å². The van der Waals surface area contributed by atoms with E-state index < -0.39 is 12.6 Å². The van der Waals surface area contributed by atoms with E-state index in [1.54, 1.807) is 12.4 Å². The largest absolute Gasteiger partial charge is 0.479 e. The molecule has 6 heteroatoms. The first-order chi connectivity index (χ1) is 7.68. The third-order valence-corrected chi connectivity index (χ3v) is 1.77. The molecule has 1 rings (SSSR count). The minimum atomic E-state index is -1.13. The number of hydroxylamine groups is 1. The van der Waals surface area contributed by atoms with E-state index in [-0.39, 0.29) is 12.3 Å². The molecule has 1 aromatic rings. The van der Waals surface area contributed by atoms with Crippen LogP contribution in [-0.2, 0) is 20.8 Å². The van der Waals surface area contributed by atoms with Gasteiger partial charge in [-0.3, -0.25) is 14.6 Å². The van der Waals surface area contributed by atoms with Gasteiger partial charge in [-0.25, -0.2) is 10.3 Å². The smallest absolute Gasteiger partial charge is 0.332 e. The predicted octanol–water partition coefficient (Wildman–Crippen LogP) is 0.147. The maximum atomic E-state index is 11.2. The number of aryl methyl sites for hydroxylation is 1. The number of nitrogens with zero attached hydrogens (tertiary/aromatic N) is 1. The zero-order valence-corrected chi connectivity index (χ0v) is 8.55. The third-order valence-electron chi connectivity index (χ3n) is 1.77. The summed E-state index contributed by atoms with van der Waals surface area (Å²) in [4.78, 5) is 29.5. The van der Waals surface area contributed by atoms with Crippen LogP contribution in [-0.4, -0.2) is 28.6 Å². The van der Waals surface area contributed by atoms with Crippen molar-refractivity contribution in [2.24, 2.45) is 0 Å². The van der Waals surface area contributed by atoms with Crippen LogP contribution in [0.25, 0.3) is 0 Å². The summed E-state index contributed by atoms with van der Waals surface area (Å²) in [7, 11) is 0. The molecule has 1 aromatic heterocycles. The number of amides is 1. The van der Waals surface area contributed by atoms with Crippen LogP contribution in [0.15, 0.2) is 24.5 Å². The molecular weight excluding hydrogens is 212 g/mol. The fraction of sp³-hybridized carbons (Fsp3) is 0.300. The molecular formula is C10H12N2O4. The Hall–Kier alpha value is -1.95. The molecule has 0 unspecified atom stereocenters. The van der Waals surface area contributed by atoms with Crippen molar-refractivity contribution in [2.75, 3.05) is 6.61 Å². The van der Waals surface area contributed by atoms with Gasteiger partial charge in [0, 0.05) is 18.8 Å². The minimum Gasteiger partial charge on any atom is -0.479 e. The first-order valence-corrected chi connectivity index (χ1v) is 4.70. The summed E-state index contributed by atoms with van der Waals surface area (Å²) in [6, 6.07) is 3.62. The van der Waals surface area contributed by atoms with E-state index >= 15 is 0 Å². The number of carbonyl (C=O) groups is 2. The average Bonchev–Trinajstić information content (AvgIpc) is 2.27. The van der Waals surface area contributed by atoms with Gasteiger partial charge in [-0.1, -0.05) is 0 Å². The number of carboxylic acids is 1. The minimum absolute atomic E-state index is 0.240. The number of rotatable bonds is 6. The van der Waals surface area contributed by atoms with Crippen LogP contribution in [0.1, 0.15) is 12.0 Å². The molecule has 0 spiro atoms. The molecule has 2 N–H and O–H groups in total. The quantitative estimate of drug-likeness (QED) is 0.671. The van der Waals surface area contributed by atoms with E-state index in [2.05, 4.69) is 9.82 Å². The Morgan fingerprint density at radius 3 is 2.69 bits per heavy atom. The number of carboxylic acid groups (broad SMARTS) is 1. The summed E-state index contributed by atoms with van der Waals surface area (Å²) in [5.41, 5.74) is 3.04. The van der Waals surface area contributed by atoms with Gasteiger partial charge in [0.25, 0.3) is 0 Å². The molecule has 0 saturated heterocycles. The van der Waals surface area contributed by atoms with Crippen LogP contribution in [0.5, 0.6) is 0 Å². The summed E-state index contributed by atoms with van der Waals surface area (Å²) < 4.78 is 0. The number of aromatic nitrogens is 1. The van der Waals surface area contributed by atoms with Crippen LogP contribution >= 0.6 is 0 Å². The third kappa shape index (κ3) is 5.06. The molecule has 0 aromatic carbocycles. The highest BCUT2D eigenvalue weighted by atomic mass is 16.7.